The monoisotopic (exact) mass is 415 g/mol. The molecule has 136 valence electrons. The van der Waals surface area contributed by atoms with Gasteiger partial charge in [-0.3, -0.25) is 0 Å². The highest BCUT2D eigenvalue weighted by molar-refractivity contribution is 8.02. The fourth-order valence-corrected chi connectivity index (χ4v) is 3.36. The number of hydrogen-bond donors (Lipinski definition) is 0. The van der Waals surface area contributed by atoms with E-state index in [0.29, 0.717) is 15.8 Å². The predicted octanol–water partition coefficient (Wildman–Crippen LogP) is 7.87. The van der Waals surface area contributed by atoms with Crippen molar-refractivity contribution in [2.45, 2.75) is 11.8 Å². The minimum atomic E-state index is -0.254. The molecule has 0 unspecified atom stereocenters. The van der Waals surface area contributed by atoms with Crippen molar-refractivity contribution in [1.82, 2.24) is 0 Å². The van der Waals surface area contributed by atoms with Crippen LogP contribution >= 0.6 is 35.0 Å². The number of allylic oxidation sites excluding steroid dienone is 1. The summed E-state index contributed by atoms with van der Waals surface area (Å²) in [7, 11) is 0. The van der Waals surface area contributed by atoms with Crippen molar-refractivity contribution in [2.24, 2.45) is 4.99 Å². The van der Waals surface area contributed by atoms with Gasteiger partial charge in [-0.1, -0.05) is 52.7 Å². The number of thioether (sulfide) groups is 1. The molecule has 0 heterocycles. The van der Waals surface area contributed by atoms with Crippen LogP contribution in [0.1, 0.15) is 11.1 Å². The van der Waals surface area contributed by atoms with Gasteiger partial charge in [-0.2, -0.15) is 0 Å². The first-order valence-corrected chi connectivity index (χ1v) is 9.84. The maximum Gasteiger partial charge on any atom is 0.123 e. The second kappa shape index (κ2) is 9.23. The lowest BCUT2D eigenvalue weighted by Crippen LogP contribution is -1.97. The quantitative estimate of drug-likeness (QED) is 0.305. The second-order valence-electron chi connectivity index (χ2n) is 5.83. The predicted molar refractivity (Wildman–Crippen MR) is 115 cm³/mol. The molecule has 0 aliphatic heterocycles. The summed E-state index contributed by atoms with van der Waals surface area (Å²) < 4.78 is 13.0. The topological polar surface area (TPSA) is 12.4 Å². The molecule has 0 amide bonds. The van der Waals surface area contributed by atoms with E-state index >= 15 is 0 Å². The van der Waals surface area contributed by atoms with E-state index in [9.17, 15) is 4.39 Å². The Balaban J connectivity index is 1.93. The lowest BCUT2D eigenvalue weighted by atomic mass is 10.1. The molecule has 0 radical (unpaired) electrons. The Morgan fingerprint density at radius 3 is 2.37 bits per heavy atom. The average Bonchev–Trinajstić information content (AvgIpc) is 2.66. The van der Waals surface area contributed by atoms with E-state index in [1.165, 1.54) is 29.5 Å². The first-order valence-electron chi connectivity index (χ1n) is 8.21. The lowest BCUT2D eigenvalue weighted by Gasteiger charge is -2.06. The van der Waals surface area contributed by atoms with Crippen molar-refractivity contribution < 1.29 is 4.39 Å². The molecule has 0 aliphatic rings. The zero-order valence-electron chi connectivity index (χ0n) is 14.5. The number of aryl methyl sites for hydroxylation is 1. The maximum absolute atomic E-state index is 13.0. The summed E-state index contributed by atoms with van der Waals surface area (Å²) in [5.41, 5.74) is 3.43. The van der Waals surface area contributed by atoms with Gasteiger partial charge in [-0.15, -0.1) is 0 Å². The van der Waals surface area contributed by atoms with Crippen LogP contribution in [0.25, 0.3) is 0 Å². The van der Waals surface area contributed by atoms with Gasteiger partial charge in [0.25, 0.3) is 0 Å². The van der Waals surface area contributed by atoms with Crippen molar-refractivity contribution in [3.05, 3.63) is 105 Å². The summed E-state index contributed by atoms with van der Waals surface area (Å²) in [6, 6.07) is 19.5. The van der Waals surface area contributed by atoms with Gasteiger partial charge in [0.2, 0.25) is 0 Å². The first kappa shape index (κ1) is 19.7. The Bertz CT molecular complexity index is 980. The van der Waals surface area contributed by atoms with Crippen molar-refractivity contribution in [1.29, 1.82) is 0 Å². The SMILES string of the molecule is Cc1ccc(N=C(/C=C/Sc2ccc(F)cc2)c2cc(Cl)ccc2Cl)cc1. The third-order valence-electron chi connectivity index (χ3n) is 3.73. The van der Waals surface area contributed by atoms with Gasteiger partial charge < -0.3 is 0 Å². The van der Waals surface area contributed by atoms with Crippen LogP contribution in [0.4, 0.5) is 10.1 Å². The number of halogens is 3. The zero-order valence-corrected chi connectivity index (χ0v) is 16.8. The van der Waals surface area contributed by atoms with Crippen LogP contribution in [-0.2, 0) is 0 Å². The van der Waals surface area contributed by atoms with E-state index in [4.69, 9.17) is 28.2 Å². The van der Waals surface area contributed by atoms with Gasteiger partial charge in [0, 0.05) is 15.5 Å². The normalized spacial score (nSPS) is 11.9. The number of nitrogens with zero attached hydrogens (tertiary/aromatic N) is 1. The van der Waals surface area contributed by atoms with E-state index in [2.05, 4.69) is 0 Å². The Labute approximate surface area is 172 Å². The van der Waals surface area contributed by atoms with Gasteiger partial charge >= 0.3 is 0 Å². The van der Waals surface area contributed by atoms with Crippen LogP contribution in [0.5, 0.6) is 0 Å². The van der Waals surface area contributed by atoms with Crippen LogP contribution in [0.3, 0.4) is 0 Å². The first-order chi connectivity index (χ1) is 13.0. The molecule has 0 N–H and O–H groups in total. The summed E-state index contributed by atoms with van der Waals surface area (Å²) in [6.07, 6.45) is 1.88. The highest BCUT2D eigenvalue weighted by Gasteiger charge is 2.07. The minimum absolute atomic E-state index is 0.254. The lowest BCUT2D eigenvalue weighted by molar-refractivity contribution is 0.626. The molecule has 1 nitrogen and oxygen atoms in total. The van der Waals surface area contributed by atoms with Gasteiger partial charge in [0.15, 0.2) is 0 Å². The van der Waals surface area contributed by atoms with E-state index in [0.717, 1.165) is 16.1 Å². The summed E-state index contributed by atoms with van der Waals surface area (Å²) in [5.74, 6) is -0.254. The Hall–Kier alpha value is -2.07. The van der Waals surface area contributed by atoms with Crippen LogP contribution in [0.15, 0.2) is 88.1 Å². The van der Waals surface area contributed by atoms with E-state index in [1.807, 2.05) is 42.7 Å². The molecule has 0 saturated carbocycles. The Kier molecular flexibility index (Phi) is 6.73. The highest BCUT2D eigenvalue weighted by atomic mass is 35.5. The number of hydrogen-bond acceptors (Lipinski definition) is 2. The average molecular weight is 416 g/mol. The third kappa shape index (κ3) is 5.70. The smallest absolute Gasteiger partial charge is 0.123 e. The fourth-order valence-electron chi connectivity index (χ4n) is 2.33. The number of benzene rings is 3. The maximum atomic E-state index is 13.0. The fraction of sp³-hybridized carbons (Fsp3) is 0.0455. The summed E-state index contributed by atoms with van der Waals surface area (Å²) >= 11 is 14.0. The van der Waals surface area contributed by atoms with Crippen molar-refractivity contribution >= 4 is 46.4 Å². The molecule has 0 spiro atoms. The van der Waals surface area contributed by atoms with Crippen molar-refractivity contribution in [2.75, 3.05) is 0 Å². The number of aliphatic imine (C=N–C) groups is 1. The summed E-state index contributed by atoms with van der Waals surface area (Å²) in [5, 5.41) is 3.06. The van der Waals surface area contributed by atoms with Gasteiger partial charge in [0.1, 0.15) is 5.82 Å². The van der Waals surface area contributed by atoms with Crippen LogP contribution in [-0.4, -0.2) is 5.71 Å². The largest absolute Gasteiger partial charge is 0.248 e. The minimum Gasteiger partial charge on any atom is -0.248 e. The van der Waals surface area contributed by atoms with Crippen LogP contribution in [0.2, 0.25) is 10.0 Å². The molecule has 0 aromatic heterocycles. The third-order valence-corrected chi connectivity index (χ3v) is 5.11. The molecular weight excluding hydrogens is 400 g/mol. The summed E-state index contributed by atoms with van der Waals surface area (Å²) in [4.78, 5) is 5.66. The second-order valence-corrected chi connectivity index (χ2v) is 7.65. The standard InChI is InChI=1S/C22H16Cl2FNS/c1-15-2-7-18(8-3-15)26-22(20-14-16(23)4-11-21(20)24)12-13-27-19-9-5-17(25)6-10-19/h2-14H,1H3/b13-12+,26-22?. The van der Waals surface area contributed by atoms with Gasteiger partial charge in [0.05, 0.1) is 16.4 Å². The van der Waals surface area contributed by atoms with Crippen molar-refractivity contribution in [3.63, 3.8) is 0 Å². The molecule has 5 heteroatoms. The molecule has 0 fully saturated rings. The Morgan fingerprint density at radius 1 is 0.963 bits per heavy atom. The molecule has 0 atom stereocenters. The van der Waals surface area contributed by atoms with Gasteiger partial charge in [-0.25, -0.2) is 9.38 Å². The number of rotatable bonds is 5. The molecular formula is C22H16Cl2FNS. The molecule has 3 aromatic rings. The van der Waals surface area contributed by atoms with Crippen LogP contribution in [0, 0.1) is 12.7 Å². The zero-order chi connectivity index (χ0) is 19.2. The van der Waals surface area contributed by atoms with E-state index in [-0.39, 0.29) is 5.82 Å². The highest BCUT2D eigenvalue weighted by Crippen LogP contribution is 2.26. The molecule has 0 aliphatic carbocycles. The molecule has 3 rings (SSSR count). The van der Waals surface area contributed by atoms with Gasteiger partial charge in [-0.05, 0) is 73.0 Å². The Morgan fingerprint density at radius 2 is 1.67 bits per heavy atom. The molecule has 0 saturated heterocycles. The molecule has 0 bridgehead atoms. The molecule has 3 aromatic carbocycles. The van der Waals surface area contributed by atoms with Crippen LogP contribution < -0.4 is 0 Å². The molecule has 27 heavy (non-hydrogen) atoms. The van der Waals surface area contributed by atoms with E-state index in [1.54, 1.807) is 30.3 Å². The summed E-state index contributed by atoms with van der Waals surface area (Å²) in [6.45, 7) is 2.03. The van der Waals surface area contributed by atoms with Crippen molar-refractivity contribution in [3.8, 4) is 0 Å². The van der Waals surface area contributed by atoms with E-state index < -0.39 is 0 Å².